The van der Waals surface area contributed by atoms with Crippen molar-refractivity contribution in [2.75, 3.05) is 38.7 Å². The van der Waals surface area contributed by atoms with E-state index in [-0.39, 0.29) is 17.9 Å². The van der Waals surface area contributed by atoms with Gasteiger partial charge in [0.05, 0.1) is 18.6 Å². The van der Waals surface area contributed by atoms with Crippen LogP contribution in [0.2, 0.25) is 0 Å². The van der Waals surface area contributed by atoms with Crippen LogP contribution in [0, 0.1) is 5.92 Å². The molecule has 0 aliphatic carbocycles. The fourth-order valence-corrected chi connectivity index (χ4v) is 2.63. The van der Waals surface area contributed by atoms with Crippen molar-refractivity contribution >= 4 is 21.8 Å². The van der Waals surface area contributed by atoms with Gasteiger partial charge in [0, 0.05) is 32.1 Å². The lowest BCUT2D eigenvalue weighted by Crippen LogP contribution is -2.41. The molecule has 0 radical (unpaired) electrons. The van der Waals surface area contributed by atoms with Crippen molar-refractivity contribution in [2.24, 2.45) is 5.92 Å². The van der Waals surface area contributed by atoms with Crippen LogP contribution in [0.5, 0.6) is 0 Å². The Kier molecular flexibility index (Phi) is 7.08. The number of carbonyl (C=O) groups is 1. The Labute approximate surface area is 112 Å². The Hall–Kier alpha value is -0.130. The standard InChI is InChI=1S/C12H22BrNO3/c1-3-11-10(4-8-17-11)12(15)14(6-5-13)7-9-16-2/h10-11H,3-9H2,1-2H3. The van der Waals surface area contributed by atoms with Gasteiger partial charge in [0.2, 0.25) is 5.91 Å². The molecule has 0 aromatic carbocycles. The highest BCUT2D eigenvalue weighted by molar-refractivity contribution is 9.09. The lowest BCUT2D eigenvalue weighted by Gasteiger charge is -2.26. The first kappa shape index (κ1) is 14.9. The molecule has 1 amide bonds. The van der Waals surface area contributed by atoms with Gasteiger partial charge in [-0.1, -0.05) is 22.9 Å². The number of hydrogen-bond acceptors (Lipinski definition) is 3. The summed E-state index contributed by atoms with van der Waals surface area (Å²) in [6.45, 7) is 4.76. The molecular weight excluding hydrogens is 286 g/mol. The smallest absolute Gasteiger partial charge is 0.228 e. The third kappa shape index (κ3) is 4.23. The topological polar surface area (TPSA) is 38.8 Å². The van der Waals surface area contributed by atoms with Crippen LogP contribution in [0.1, 0.15) is 19.8 Å². The second-order valence-electron chi connectivity index (χ2n) is 4.22. The molecule has 2 atom stereocenters. The largest absolute Gasteiger partial charge is 0.383 e. The summed E-state index contributed by atoms with van der Waals surface area (Å²) in [4.78, 5) is 14.3. The van der Waals surface area contributed by atoms with Crippen molar-refractivity contribution in [2.45, 2.75) is 25.9 Å². The Morgan fingerprint density at radius 3 is 2.88 bits per heavy atom. The minimum Gasteiger partial charge on any atom is -0.383 e. The molecule has 5 heteroatoms. The van der Waals surface area contributed by atoms with Crippen LogP contribution in [0.25, 0.3) is 0 Å². The Morgan fingerprint density at radius 1 is 1.53 bits per heavy atom. The van der Waals surface area contributed by atoms with Crippen LogP contribution in [-0.4, -0.2) is 55.7 Å². The van der Waals surface area contributed by atoms with Crippen molar-refractivity contribution in [3.8, 4) is 0 Å². The van der Waals surface area contributed by atoms with Crippen molar-refractivity contribution in [3.63, 3.8) is 0 Å². The van der Waals surface area contributed by atoms with E-state index in [0.717, 1.165) is 24.7 Å². The molecule has 1 aliphatic heterocycles. The summed E-state index contributed by atoms with van der Waals surface area (Å²) in [5.41, 5.74) is 0. The van der Waals surface area contributed by atoms with E-state index in [0.29, 0.717) is 19.8 Å². The third-order valence-electron chi connectivity index (χ3n) is 3.16. The van der Waals surface area contributed by atoms with E-state index >= 15 is 0 Å². The van der Waals surface area contributed by atoms with E-state index < -0.39 is 0 Å². The van der Waals surface area contributed by atoms with Gasteiger partial charge in [-0.25, -0.2) is 0 Å². The molecule has 4 nitrogen and oxygen atoms in total. The van der Waals surface area contributed by atoms with E-state index in [1.165, 1.54) is 0 Å². The molecule has 1 fully saturated rings. The average molecular weight is 308 g/mol. The van der Waals surface area contributed by atoms with Crippen molar-refractivity contribution in [1.29, 1.82) is 0 Å². The summed E-state index contributed by atoms with van der Waals surface area (Å²) in [5, 5.41) is 0.798. The average Bonchev–Trinajstić information content (AvgIpc) is 2.81. The molecule has 1 saturated heterocycles. The van der Waals surface area contributed by atoms with E-state index in [1.807, 2.05) is 4.90 Å². The molecular formula is C12H22BrNO3. The van der Waals surface area contributed by atoms with Gasteiger partial charge in [-0.2, -0.15) is 0 Å². The maximum Gasteiger partial charge on any atom is 0.228 e. The molecule has 0 spiro atoms. The summed E-state index contributed by atoms with van der Waals surface area (Å²) in [6, 6.07) is 0. The van der Waals surface area contributed by atoms with Crippen LogP contribution in [0.3, 0.4) is 0 Å². The van der Waals surface area contributed by atoms with Gasteiger partial charge in [0.25, 0.3) is 0 Å². The number of carbonyl (C=O) groups excluding carboxylic acids is 1. The number of ether oxygens (including phenoxy) is 2. The predicted octanol–water partition coefficient (Wildman–Crippen LogP) is 1.67. The zero-order chi connectivity index (χ0) is 12.7. The second kappa shape index (κ2) is 8.06. The van der Waals surface area contributed by atoms with Gasteiger partial charge in [-0.05, 0) is 12.8 Å². The first-order valence-electron chi connectivity index (χ1n) is 6.19. The van der Waals surface area contributed by atoms with Gasteiger partial charge < -0.3 is 14.4 Å². The Bertz CT molecular complexity index is 238. The zero-order valence-corrected chi connectivity index (χ0v) is 12.2. The van der Waals surface area contributed by atoms with Crippen LogP contribution in [0.4, 0.5) is 0 Å². The number of rotatable bonds is 7. The number of amides is 1. The fourth-order valence-electron chi connectivity index (χ4n) is 2.20. The van der Waals surface area contributed by atoms with Crippen LogP contribution >= 0.6 is 15.9 Å². The molecule has 0 aromatic rings. The van der Waals surface area contributed by atoms with Gasteiger partial charge in [-0.3, -0.25) is 4.79 Å². The molecule has 1 rings (SSSR count). The van der Waals surface area contributed by atoms with Gasteiger partial charge in [-0.15, -0.1) is 0 Å². The number of hydrogen-bond donors (Lipinski definition) is 0. The fraction of sp³-hybridized carbons (Fsp3) is 0.917. The predicted molar refractivity (Wildman–Crippen MR) is 70.4 cm³/mol. The summed E-state index contributed by atoms with van der Waals surface area (Å²) in [7, 11) is 1.66. The lowest BCUT2D eigenvalue weighted by atomic mass is 9.98. The molecule has 1 aliphatic rings. The van der Waals surface area contributed by atoms with Crippen molar-refractivity contribution in [1.82, 2.24) is 4.90 Å². The molecule has 100 valence electrons. The zero-order valence-electron chi connectivity index (χ0n) is 10.7. The second-order valence-corrected chi connectivity index (χ2v) is 5.01. The maximum absolute atomic E-state index is 12.4. The molecule has 0 aromatic heterocycles. The highest BCUT2D eigenvalue weighted by Gasteiger charge is 2.35. The highest BCUT2D eigenvalue weighted by atomic mass is 79.9. The summed E-state index contributed by atoms with van der Waals surface area (Å²) in [6.07, 6.45) is 1.86. The molecule has 2 unspecified atom stereocenters. The van der Waals surface area contributed by atoms with Crippen LogP contribution < -0.4 is 0 Å². The van der Waals surface area contributed by atoms with E-state index in [9.17, 15) is 4.79 Å². The molecule has 0 N–H and O–H groups in total. The van der Waals surface area contributed by atoms with Gasteiger partial charge in [0.1, 0.15) is 0 Å². The molecule has 0 saturated carbocycles. The van der Waals surface area contributed by atoms with Gasteiger partial charge in [0.15, 0.2) is 0 Å². The molecule has 17 heavy (non-hydrogen) atoms. The maximum atomic E-state index is 12.4. The number of methoxy groups -OCH3 is 1. The normalized spacial score (nSPS) is 23.9. The lowest BCUT2D eigenvalue weighted by molar-refractivity contribution is -0.137. The number of halogens is 1. The third-order valence-corrected chi connectivity index (χ3v) is 3.52. The van der Waals surface area contributed by atoms with Crippen LogP contribution in [-0.2, 0) is 14.3 Å². The van der Waals surface area contributed by atoms with Gasteiger partial charge >= 0.3 is 0 Å². The van der Waals surface area contributed by atoms with Crippen molar-refractivity contribution in [3.05, 3.63) is 0 Å². The molecule has 1 heterocycles. The first-order chi connectivity index (χ1) is 8.24. The SMILES string of the molecule is CCC1OCCC1C(=O)N(CCBr)CCOC. The summed E-state index contributed by atoms with van der Waals surface area (Å²) < 4.78 is 10.6. The number of alkyl halides is 1. The monoisotopic (exact) mass is 307 g/mol. The van der Waals surface area contributed by atoms with E-state index in [1.54, 1.807) is 7.11 Å². The van der Waals surface area contributed by atoms with Crippen molar-refractivity contribution < 1.29 is 14.3 Å². The first-order valence-corrected chi connectivity index (χ1v) is 7.32. The minimum atomic E-state index is 0.0379. The Morgan fingerprint density at radius 2 is 2.29 bits per heavy atom. The van der Waals surface area contributed by atoms with E-state index in [4.69, 9.17) is 9.47 Å². The van der Waals surface area contributed by atoms with Crippen LogP contribution in [0.15, 0.2) is 0 Å². The van der Waals surface area contributed by atoms with E-state index in [2.05, 4.69) is 22.9 Å². The summed E-state index contributed by atoms with van der Waals surface area (Å²) >= 11 is 3.39. The Balaban J connectivity index is 2.56. The quantitative estimate of drug-likeness (QED) is 0.672. The molecule has 0 bridgehead atoms. The highest BCUT2D eigenvalue weighted by Crippen LogP contribution is 2.25. The number of nitrogens with zero attached hydrogens (tertiary/aromatic N) is 1. The summed E-state index contributed by atoms with van der Waals surface area (Å²) in [5.74, 6) is 0.252. The minimum absolute atomic E-state index is 0.0379.